The van der Waals surface area contributed by atoms with Crippen LogP contribution in [0.4, 0.5) is 4.79 Å². The van der Waals surface area contributed by atoms with E-state index in [1.165, 1.54) is 37.8 Å². The topological polar surface area (TPSA) is 63.1 Å². The van der Waals surface area contributed by atoms with Gasteiger partial charge in [0.15, 0.2) is 0 Å². The van der Waals surface area contributed by atoms with Crippen molar-refractivity contribution in [2.75, 3.05) is 19.6 Å². The Labute approximate surface area is 196 Å². The smallest absolute Gasteiger partial charge is 0.317 e. The third-order valence-electron chi connectivity index (χ3n) is 8.19. The van der Waals surface area contributed by atoms with E-state index in [1.807, 2.05) is 29.3 Å². The maximum Gasteiger partial charge on any atom is 0.317 e. The molecule has 1 N–H and O–H groups in total. The van der Waals surface area contributed by atoms with Gasteiger partial charge in [-0.2, -0.15) is 5.10 Å². The van der Waals surface area contributed by atoms with Gasteiger partial charge in [0.05, 0.1) is 11.2 Å². The van der Waals surface area contributed by atoms with Crippen LogP contribution in [0.15, 0.2) is 42.6 Å². The maximum absolute atomic E-state index is 12.8. The Morgan fingerprint density at radius 3 is 2.91 bits per heavy atom. The Morgan fingerprint density at radius 1 is 1.15 bits per heavy atom. The zero-order chi connectivity index (χ0) is 22.3. The number of pyridine rings is 1. The molecule has 2 aromatic heterocycles. The molecule has 6 heteroatoms. The first kappa shape index (κ1) is 20.7. The largest absolute Gasteiger partial charge is 0.338 e. The summed E-state index contributed by atoms with van der Waals surface area (Å²) < 4.78 is 2.16. The standard InChI is InChI=1S/C27H33N5O.H2/c33-26(28-13-4-3-6-20-7-5-8-20)31-14-11-27(19-31)12-15-32-25(27)17-24(30-32)22-16-21-9-1-2-10-23(21)29-18-22;/h1-2,9-10,16-18,20H,3-8,11-15,19H2,(H,28,33);1H. The van der Waals surface area contributed by atoms with Crippen LogP contribution in [0.2, 0.25) is 0 Å². The Bertz CT molecular complexity index is 1170. The summed E-state index contributed by atoms with van der Waals surface area (Å²) >= 11 is 0. The summed E-state index contributed by atoms with van der Waals surface area (Å²) in [5.41, 5.74) is 4.36. The molecule has 1 aromatic carbocycles. The van der Waals surface area contributed by atoms with E-state index >= 15 is 0 Å². The second-order valence-corrected chi connectivity index (χ2v) is 10.3. The Morgan fingerprint density at radius 2 is 2.03 bits per heavy atom. The summed E-state index contributed by atoms with van der Waals surface area (Å²) in [6, 6.07) is 12.7. The number of urea groups is 1. The molecule has 4 heterocycles. The minimum Gasteiger partial charge on any atom is -0.338 e. The SMILES string of the molecule is O=C(NCCCCC1CCC1)N1CCC2(CCn3nc(-c4cnc5ccccc5c4)cc32)C1.[HH]. The van der Waals surface area contributed by atoms with Crippen LogP contribution in [0.1, 0.15) is 58.5 Å². The van der Waals surface area contributed by atoms with Crippen LogP contribution >= 0.6 is 0 Å². The minimum absolute atomic E-state index is 0. The summed E-state index contributed by atoms with van der Waals surface area (Å²) in [4.78, 5) is 19.4. The van der Waals surface area contributed by atoms with Crippen LogP contribution in [0, 0.1) is 5.92 Å². The highest BCUT2D eigenvalue weighted by molar-refractivity contribution is 5.82. The number of fused-ring (bicyclic) bond motifs is 3. The van der Waals surface area contributed by atoms with Gasteiger partial charge in [0.1, 0.15) is 0 Å². The van der Waals surface area contributed by atoms with E-state index in [0.29, 0.717) is 0 Å². The average molecular weight is 446 g/mol. The van der Waals surface area contributed by atoms with Gasteiger partial charge in [-0.15, -0.1) is 0 Å². The summed E-state index contributed by atoms with van der Waals surface area (Å²) in [5, 5.41) is 9.21. The number of benzene rings is 1. The third kappa shape index (κ3) is 3.90. The lowest BCUT2D eigenvalue weighted by molar-refractivity contribution is 0.205. The molecule has 1 atom stereocenters. The number of nitrogens with zero attached hydrogens (tertiary/aromatic N) is 4. The summed E-state index contributed by atoms with van der Waals surface area (Å²) in [5.74, 6) is 0.960. The molecule has 174 valence electrons. The van der Waals surface area contributed by atoms with Crippen LogP contribution in [0.5, 0.6) is 0 Å². The van der Waals surface area contributed by atoms with Crippen LogP contribution in [-0.4, -0.2) is 45.3 Å². The van der Waals surface area contributed by atoms with E-state index in [4.69, 9.17) is 5.10 Å². The van der Waals surface area contributed by atoms with Crippen molar-refractivity contribution in [3.8, 4) is 11.3 Å². The molecule has 2 amide bonds. The predicted molar refractivity (Wildman–Crippen MR) is 132 cm³/mol. The molecule has 0 radical (unpaired) electrons. The highest BCUT2D eigenvalue weighted by atomic mass is 16.2. The van der Waals surface area contributed by atoms with Crippen molar-refractivity contribution in [2.45, 2.75) is 63.3 Å². The zero-order valence-electron chi connectivity index (χ0n) is 19.3. The summed E-state index contributed by atoms with van der Waals surface area (Å²) in [6.45, 7) is 3.34. The van der Waals surface area contributed by atoms with Crippen molar-refractivity contribution in [3.63, 3.8) is 0 Å². The van der Waals surface area contributed by atoms with Gasteiger partial charge >= 0.3 is 6.03 Å². The number of unbranched alkanes of at least 4 members (excludes halogenated alkanes) is 1. The molecule has 1 spiro atoms. The number of nitrogens with one attached hydrogen (secondary N) is 1. The number of likely N-dealkylation sites (tertiary alicyclic amines) is 1. The highest BCUT2D eigenvalue weighted by Crippen LogP contribution is 2.43. The van der Waals surface area contributed by atoms with Crippen LogP contribution in [0.3, 0.4) is 0 Å². The van der Waals surface area contributed by atoms with Gasteiger partial charge in [0.25, 0.3) is 0 Å². The molecule has 0 bridgehead atoms. The van der Waals surface area contributed by atoms with E-state index in [2.05, 4.69) is 33.2 Å². The van der Waals surface area contributed by atoms with E-state index < -0.39 is 0 Å². The number of amides is 2. The van der Waals surface area contributed by atoms with Gasteiger partial charge in [-0.25, -0.2) is 4.79 Å². The van der Waals surface area contributed by atoms with E-state index in [-0.39, 0.29) is 12.9 Å². The van der Waals surface area contributed by atoms with Gasteiger partial charge in [-0.05, 0) is 43.4 Å². The fraction of sp³-hybridized carbons (Fsp3) is 0.519. The second kappa shape index (κ2) is 8.47. The molecule has 2 aliphatic heterocycles. The quantitative estimate of drug-likeness (QED) is 0.519. The Balaban J connectivity index is 0.00000241. The monoisotopic (exact) mass is 445 g/mol. The lowest BCUT2D eigenvalue weighted by atomic mass is 9.82. The average Bonchev–Trinajstić information content (AvgIpc) is 3.51. The number of rotatable bonds is 6. The van der Waals surface area contributed by atoms with E-state index in [9.17, 15) is 4.79 Å². The number of para-hydroxylation sites is 1. The van der Waals surface area contributed by atoms with Crippen molar-refractivity contribution < 1.29 is 6.22 Å². The number of aryl methyl sites for hydroxylation is 1. The molecule has 33 heavy (non-hydrogen) atoms. The fourth-order valence-corrected chi connectivity index (χ4v) is 5.92. The van der Waals surface area contributed by atoms with Crippen LogP contribution in [0.25, 0.3) is 22.2 Å². The predicted octanol–water partition coefficient (Wildman–Crippen LogP) is 5.37. The number of aromatic nitrogens is 3. The van der Waals surface area contributed by atoms with Crippen molar-refractivity contribution in [2.24, 2.45) is 5.92 Å². The molecule has 1 saturated carbocycles. The molecular formula is C27H35N5O. The maximum atomic E-state index is 12.8. The molecular weight excluding hydrogens is 410 g/mol. The molecule has 2 fully saturated rings. The Kier molecular flexibility index (Phi) is 5.31. The van der Waals surface area contributed by atoms with Gasteiger partial charge in [-0.1, -0.05) is 50.3 Å². The lowest BCUT2D eigenvalue weighted by Crippen LogP contribution is -2.40. The highest BCUT2D eigenvalue weighted by Gasteiger charge is 2.46. The molecule has 6 rings (SSSR count). The Hall–Kier alpha value is -2.89. The van der Waals surface area contributed by atoms with Crippen LogP contribution < -0.4 is 5.32 Å². The normalized spacial score (nSPS) is 22.1. The summed E-state index contributed by atoms with van der Waals surface area (Å²) in [7, 11) is 0. The number of hydrogen-bond donors (Lipinski definition) is 1. The third-order valence-corrected chi connectivity index (χ3v) is 8.19. The van der Waals surface area contributed by atoms with Gasteiger partial charge in [0, 0.05) is 55.9 Å². The van der Waals surface area contributed by atoms with Crippen molar-refractivity contribution >= 4 is 16.9 Å². The fourth-order valence-electron chi connectivity index (χ4n) is 5.92. The number of carbonyl (C=O) groups is 1. The zero-order valence-corrected chi connectivity index (χ0v) is 19.3. The van der Waals surface area contributed by atoms with E-state index in [0.717, 1.165) is 73.5 Å². The minimum atomic E-state index is 0. The van der Waals surface area contributed by atoms with Crippen LogP contribution in [-0.2, 0) is 12.0 Å². The lowest BCUT2D eigenvalue weighted by Gasteiger charge is -2.25. The van der Waals surface area contributed by atoms with Gasteiger partial charge < -0.3 is 10.2 Å². The van der Waals surface area contributed by atoms with Crippen molar-refractivity contribution in [1.82, 2.24) is 25.0 Å². The van der Waals surface area contributed by atoms with Gasteiger partial charge in [0.2, 0.25) is 0 Å². The first-order valence-corrected chi connectivity index (χ1v) is 12.7. The number of hydrogen-bond acceptors (Lipinski definition) is 3. The van der Waals surface area contributed by atoms with E-state index in [1.54, 1.807) is 0 Å². The summed E-state index contributed by atoms with van der Waals surface area (Å²) in [6.07, 6.45) is 11.9. The van der Waals surface area contributed by atoms with Crippen molar-refractivity contribution in [3.05, 3.63) is 48.3 Å². The first-order valence-electron chi connectivity index (χ1n) is 12.7. The second-order valence-electron chi connectivity index (χ2n) is 10.3. The van der Waals surface area contributed by atoms with Crippen molar-refractivity contribution in [1.29, 1.82) is 0 Å². The molecule has 3 aliphatic rings. The molecule has 1 aliphatic carbocycles. The molecule has 1 saturated heterocycles. The molecule has 6 nitrogen and oxygen atoms in total. The number of carbonyl (C=O) groups excluding carboxylic acids is 1. The first-order chi connectivity index (χ1) is 16.2. The van der Waals surface area contributed by atoms with Gasteiger partial charge in [-0.3, -0.25) is 9.67 Å². The molecule has 3 aromatic rings. The molecule has 1 unspecified atom stereocenters.